The van der Waals surface area contributed by atoms with Crippen molar-refractivity contribution in [1.82, 2.24) is 14.6 Å². The molecule has 2 aromatic heterocycles. The number of ether oxygens (including phenoxy) is 1. The maximum Gasteiger partial charge on any atom is 0.341 e. The van der Waals surface area contributed by atoms with E-state index in [-0.39, 0.29) is 5.56 Å². The topological polar surface area (TPSA) is 80.0 Å². The molecule has 2 aromatic rings. The zero-order valence-corrected chi connectivity index (χ0v) is 9.35. The molecule has 2 aliphatic heterocycles. The number of carboxylic acid groups (broad SMARTS) is 1. The van der Waals surface area contributed by atoms with E-state index in [0.717, 1.165) is 19.0 Å². The van der Waals surface area contributed by atoms with E-state index in [2.05, 4.69) is 15.0 Å². The molecule has 7 nitrogen and oxygen atoms in total. The first-order chi connectivity index (χ1) is 8.74. The molecule has 2 fully saturated rings. The monoisotopic (exact) mass is 246 g/mol. The average molecular weight is 246 g/mol. The first kappa shape index (κ1) is 9.84. The molecule has 4 heterocycles. The van der Waals surface area contributed by atoms with Gasteiger partial charge >= 0.3 is 5.97 Å². The number of aromatic carboxylic acids is 1. The van der Waals surface area contributed by atoms with Crippen LogP contribution < -0.4 is 4.90 Å². The Hall–Kier alpha value is -2.15. The summed E-state index contributed by atoms with van der Waals surface area (Å²) in [6.07, 6.45) is 3.38. The fourth-order valence-electron chi connectivity index (χ4n) is 2.41. The summed E-state index contributed by atoms with van der Waals surface area (Å²) in [5, 5.41) is 13.0. The van der Waals surface area contributed by atoms with Crippen molar-refractivity contribution in [2.75, 3.05) is 18.1 Å². The summed E-state index contributed by atoms with van der Waals surface area (Å²) in [7, 11) is 0. The lowest BCUT2D eigenvalue weighted by Crippen LogP contribution is -2.71. The Kier molecular flexibility index (Phi) is 1.75. The lowest BCUT2D eigenvalue weighted by Gasteiger charge is -2.55. The molecule has 2 atom stereocenters. The van der Waals surface area contributed by atoms with Crippen LogP contribution in [0.4, 0.5) is 5.82 Å². The molecule has 4 rings (SSSR count). The number of carboxylic acids is 1. The van der Waals surface area contributed by atoms with E-state index >= 15 is 0 Å². The highest BCUT2D eigenvalue weighted by molar-refractivity contribution is 5.94. The van der Waals surface area contributed by atoms with Gasteiger partial charge in [0.15, 0.2) is 5.65 Å². The number of hydrogen-bond donors (Lipinski definition) is 1. The van der Waals surface area contributed by atoms with E-state index in [0.29, 0.717) is 17.8 Å². The van der Waals surface area contributed by atoms with Gasteiger partial charge in [0.2, 0.25) is 0 Å². The van der Waals surface area contributed by atoms with Crippen molar-refractivity contribution >= 4 is 17.4 Å². The standard InChI is InChI=1S/C11H10N4O3/c16-11(17)6-3-12-15-2-1-9(13-10(6)15)14-4-8-7(14)5-18-8/h1-3,7-8H,4-5H2,(H,16,17). The van der Waals surface area contributed by atoms with Crippen LogP contribution in [0.15, 0.2) is 18.5 Å². The molecule has 0 aliphatic carbocycles. The summed E-state index contributed by atoms with van der Waals surface area (Å²) < 4.78 is 6.81. The number of hydrogen-bond acceptors (Lipinski definition) is 5. The third kappa shape index (κ3) is 1.14. The second kappa shape index (κ2) is 3.20. The van der Waals surface area contributed by atoms with Crippen molar-refractivity contribution in [3.8, 4) is 0 Å². The lowest BCUT2D eigenvalue weighted by atomic mass is 9.95. The quantitative estimate of drug-likeness (QED) is 0.804. The predicted octanol–water partition coefficient (Wildman–Crippen LogP) is 0.0149. The average Bonchev–Trinajstić information content (AvgIpc) is 2.75. The number of fused-ring (bicyclic) bond motifs is 2. The Labute approximate surface area is 102 Å². The first-order valence-electron chi connectivity index (χ1n) is 5.70. The van der Waals surface area contributed by atoms with Gasteiger partial charge in [0.25, 0.3) is 0 Å². The van der Waals surface area contributed by atoms with E-state index in [1.165, 1.54) is 10.7 Å². The molecule has 2 aliphatic rings. The fraction of sp³-hybridized carbons (Fsp3) is 0.364. The summed E-state index contributed by atoms with van der Waals surface area (Å²) in [5.74, 6) is -0.224. The van der Waals surface area contributed by atoms with Gasteiger partial charge in [-0.1, -0.05) is 0 Å². The van der Waals surface area contributed by atoms with Crippen LogP contribution in [0.3, 0.4) is 0 Å². The van der Waals surface area contributed by atoms with Gasteiger partial charge in [-0.3, -0.25) is 0 Å². The highest BCUT2D eigenvalue weighted by atomic mass is 16.5. The van der Waals surface area contributed by atoms with Crippen LogP contribution in [-0.2, 0) is 4.74 Å². The molecular weight excluding hydrogens is 236 g/mol. The molecule has 2 saturated heterocycles. The third-order valence-electron chi connectivity index (χ3n) is 3.57. The van der Waals surface area contributed by atoms with Crippen molar-refractivity contribution in [2.24, 2.45) is 0 Å². The van der Waals surface area contributed by atoms with Crippen LogP contribution >= 0.6 is 0 Å². The number of rotatable bonds is 2. The molecule has 18 heavy (non-hydrogen) atoms. The van der Waals surface area contributed by atoms with Gasteiger partial charge in [0, 0.05) is 12.7 Å². The maximum absolute atomic E-state index is 11.0. The van der Waals surface area contributed by atoms with Crippen molar-refractivity contribution in [1.29, 1.82) is 0 Å². The van der Waals surface area contributed by atoms with E-state index in [1.807, 2.05) is 6.07 Å². The molecule has 2 unspecified atom stereocenters. The first-order valence-corrected chi connectivity index (χ1v) is 5.70. The van der Waals surface area contributed by atoms with Gasteiger partial charge in [-0.25, -0.2) is 14.3 Å². The van der Waals surface area contributed by atoms with Crippen LogP contribution in [0.5, 0.6) is 0 Å². The lowest BCUT2D eigenvalue weighted by molar-refractivity contribution is -0.113. The molecule has 1 N–H and O–H groups in total. The number of carbonyl (C=O) groups is 1. The number of nitrogens with zero attached hydrogens (tertiary/aromatic N) is 4. The van der Waals surface area contributed by atoms with Crippen molar-refractivity contribution in [2.45, 2.75) is 12.1 Å². The van der Waals surface area contributed by atoms with Crippen molar-refractivity contribution < 1.29 is 14.6 Å². The minimum Gasteiger partial charge on any atom is -0.477 e. The summed E-state index contributed by atoms with van der Waals surface area (Å²) >= 11 is 0. The number of aromatic nitrogens is 3. The zero-order valence-electron chi connectivity index (χ0n) is 9.35. The molecular formula is C11H10N4O3. The van der Waals surface area contributed by atoms with Gasteiger partial charge in [-0.05, 0) is 6.07 Å². The molecule has 0 amide bonds. The molecule has 7 heteroatoms. The molecule has 0 radical (unpaired) electrons. The smallest absolute Gasteiger partial charge is 0.341 e. The van der Waals surface area contributed by atoms with Crippen LogP contribution in [0.2, 0.25) is 0 Å². The van der Waals surface area contributed by atoms with Gasteiger partial charge in [-0.2, -0.15) is 5.10 Å². The molecule has 0 bridgehead atoms. The molecule has 0 aromatic carbocycles. The van der Waals surface area contributed by atoms with Crippen LogP contribution in [-0.4, -0.2) is 51.0 Å². The normalized spacial score (nSPS) is 25.4. The minimum atomic E-state index is -1.01. The van der Waals surface area contributed by atoms with Gasteiger partial charge in [-0.15, -0.1) is 0 Å². The van der Waals surface area contributed by atoms with E-state index in [4.69, 9.17) is 9.84 Å². The van der Waals surface area contributed by atoms with E-state index < -0.39 is 5.97 Å². The second-order valence-electron chi connectivity index (χ2n) is 4.51. The van der Waals surface area contributed by atoms with Crippen LogP contribution in [0, 0.1) is 0 Å². The van der Waals surface area contributed by atoms with Crippen LogP contribution in [0.25, 0.3) is 5.65 Å². The third-order valence-corrected chi connectivity index (χ3v) is 3.57. The largest absolute Gasteiger partial charge is 0.477 e. The summed E-state index contributed by atoms with van der Waals surface area (Å²) in [6, 6.07) is 2.25. The van der Waals surface area contributed by atoms with Crippen LogP contribution in [0.1, 0.15) is 10.4 Å². The Morgan fingerprint density at radius 3 is 3.06 bits per heavy atom. The Bertz CT molecular complexity index is 653. The van der Waals surface area contributed by atoms with Gasteiger partial charge < -0.3 is 14.7 Å². The SMILES string of the molecule is O=C(O)c1cnn2ccc(N3CC4OCC43)nc12. The molecule has 0 spiro atoms. The predicted molar refractivity (Wildman–Crippen MR) is 60.8 cm³/mol. The number of anilines is 1. The Morgan fingerprint density at radius 1 is 1.56 bits per heavy atom. The van der Waals surface area contributed by atoms with Crippen molar-refractivity contribution in [3.05, 3.63) is 24.0 Å². The fourth-order valence-corrected chi connectivity index (χ4v) is 2.41. The maximum atomic E-state index is 11.0. The van der Waals surface area contributed by atoms with Crippen molar-refractivity contribution in [3.63, 3.8) is 0 Å². The highest BCUT2D eigenvalue weighted by Gasteiger charge is 2.47. The second-order valence-corrected chi connectivity index (χ2v) is 4.51. The van der Waals surface area contributed by atoms with E-state index in [1.54, 1.807) is 6.20 Å². The van der Waals surface area contributed by atoms with E-state index in [9.17, 15) is 4.79 Å². The summed E-state index contributed by atoms with van der Waals surface area (Å²) in [4.78, 5) is 17.6. The van der Waals surface area contributed by atoms with Gasteiger partial charge in [0.05, 0.1) is 24.9 Å². The summed E-state index contributed by atoms with van der Waals surface area (Å²) in [6.45, 7) is 1.55. The molecule has 0 saturated carbocycles. The molecule has 92 valence electrons. The number of morpholine rings is 1. The summed E-state index contributed by atoms with van der Waals surface area (Å²) in [5.41, 5.74) is 0.502. The Morgan fingerprint density at radius 2 is 2.44 bits per heavy atom. The van der Waals surface area contributed by atoms with Gasteiger partial charge in [0.1, 0.15) is 11.4 Å². The Balaban J connectivity index is 1.78. The zero-order chi connectivity index (χ0) is 12.3. The highest BCUT2D eigenvalue weighted by Crippen LogP contribution is 2.33. The minimum absolute atomic E-state index is 0.124.